The highest BCUT2D eigenvalue weighted by atomic mass is 35.5. The molecular weight excluding hydrogens is 434 g/mol. The number of rotatable bonds is 4. The molecular formula is C27H30ClN3O2. The van der Waals surface area contributed by atoms with E-state index in [0.717, 1.165) is 50.5 Å². The van der Waals surface area contributed by atoms with Gasteiger partial charge < -0.3 is 14.0 Å². The summed E-state index contributed by atoms with van der Waals surface area (Å²) in [5, 5.41) is 0.709. The van der Waals surface area contributed by atoms with Crippen molar-refractivity contribution in [2.45, 2.75) is 62.4 Å². The molecule has 3 fully saturated rings. The van der Waals surface area contributed by atoms with Gasteiger partial charge in [0.25, 0.3) is 0 Å². The first-order chi connectivity index (χ1) is 16.1. The highest BCUT2D eigenvalue weighted by molar-refractivity contribution is 6.30. The smallest absolute Gasteiger partial charge is 0.233 e. The Balaban J connectivity index is 1.25. The normalized spacial score (nSPS) is 26.6. The quantitative estimate of drug-likeness (QED) is 0.544. The van der Waals surface area contributed by atoms with Gasteiger partial charge in [0.2, 0.25) is 5.91 Å². The van der Waals surface area contributed by atoms with Crippen LogP contribution in [-0.4, -0.2) is 45.5 Å². The number of amides is 1. The Bertz CT molecular complexity index is 1140. The van der Waals surface area contributed by atoms with E-state index in [1.165, 1.54) is 11.2 Å². The second kappa shape index (κ2) is 8.44. The number of piperidine rings is 1. The van der Waals surface area contributed by atoms with Crippen LogP contribution in [-0.2, 0) is 21.4 Å². The molecule has 1 aromatic carbocycles. The van der Waals surface area contributed by atoms with Crippen LogP contribution in [0.15, 0.2) is 55.0 Å². The van der Waals surface area contributed by atoms with Gasteiger partial charge in [0.05, 0.1) is 16.6 Å². The Morgan fingerprint density at radius 3 is 2.52 bits per heavy atom. The Labute approximate surface area is 199 Å². The standard InChI is InChI=1S/C27H30ClN3O2/c28-21-5-3-20(4-6-21)27(9-14-33-15-10-27)26(32)31-22-7-8-23(31)17-19(16-22)18-24-25-2-1-12-30(25)13-11-29-24/h1-6,11-13,19,22-23H,7-10,14-18H2. The van der Waals surface area contributed by atoms with Crippen molar-refractivity contribution in [2.24, 2.45) is 5.92 Å². The summed E-state index contributed by atoms with van der Waals surface area (Å²) in [5.41, 5.74) is 2.97. The molecule has 0 radical (unpaired) electrons. The summed E-state index contributed by atoms with van der Waals surface area (Å²) in [6.07, 6.45) is 12.8. The fourth-order valence-electron chi connectivity index (χ4n) is 6.61. The summed E-state index contributed by atoms with van der Waals surface area (Å²) < 4.78 is 7.83. The lowest BCUT2D eigenvalue weighted by Crippen LogP contribution is -2.56. The van der Waals surface area contributed by atoms with E-state index in [2.05, 4.69) is 27.6 Å². The molecule has 2 bridgehead atoms. The molecule has 3 saturated heterocycles. The number of fused-ring (bicyclic) bond motifs is 3. The molecule has 0 aliphatic carbocycles. The van der Waals surface area contributed by atoms with Crippen LogP contribution in [0.2, 0.25) is 5.02 Å². The van der Waals surface area contributed by atoms with Gasteiger partial charge in [-0.05, 0) is 80.7 Å². The van der Waals surface area contributed by atoms with Gasteiger partial charge in [0.1, 0.15) is 0 Å². The molecule has 3 aliphatic rings. The van der Waals surface area contributed by atoms with Crippen LogP contribution in [0.25, 0.3) is 5.52 Å². The number of aromatic nitrogens is 2. The number of carbonyl (C=O) groups excluding carboxylic acids is 1. The molecule has 0 N–H and O–H groups in total. The molecule has 6 rings (SSSR count). The van der Waals surface area contributed by atoms with E-state index in [9.17, 15) is 4.79 Å². The topological polar surface area (TPSA) is 46.8 Å². The number of carbonyl (C=O) groups is 1. The van der Waals surface area contributed by atoms with Crippen LogP contribution in [0.4, 0.5) is 0 Å². The van der Waals surface area contributed by atoms with Crippen LogP contribution in [0.1, 0.15) is 49.8 Å². The molecule has 2 unspecified atom stereocenters. The summed E-state index contributed by atoms with van der Waals surface area (Å²) >= 11 is 6.17. The fourth-order valence-corrected chi connectivity index (χ4v) is 6.74. The third kappa shape index (κ3) is 3.66. The molecule has 3 aliphatic heterocycles. The van der Waals surface area contributed by atoms with Crippen LogP contribution in [0, 0.1) is 5.92 Å². The van der Waals surface area contributed by atoms with Gasteiger partial charge in [0, 0.05) is 48.9 Å². The first-order valence-corrected chi connectivity index (χ1v) is 12.6. The van der Waals surface area contributed by atoms with Crippen molar-refractivity contribution in [3.8, 4) is 0 Å². The first-order valence-electron chi connectivity index (χ1n) is 12.2. The lowest BCUT2D eigenvalue weighted by atomic mass is 9.72. The predicted molar refractivity (Wildman–Crippen MR) is 128 cm³/mol. The van der Waals surface area contributed by atoms with E-state index in [4.69, 9.17) is 21.3 Å². The molecule has 3 aromatic rings. The minimum absolute atomic E-state index is 0.311. The van der Waals surface area contributed by atoms with Gasteiger partial charge >= 0.3 is 0 Å². The van der Waals surface area contributed by atoms with Crippen molar-refractivity contribution < 1.29 is 9.53 Å². The van der Waals surface area contributed by atoms with Crippen molar-refractivity contribution in [1.82, 2.24) is 14.3 Å². The molecule has 6 heteroatoms. The van der Waals surface area contributed by atoms with E-state index in [-0.39, 0.29) is 0 Å². The number of nitrogens with zero attached hydrogens (tertiary/aromatic N) is 3. The first kappa shape index (κ1) is 21.2. The zero-order valence-electron chi connectivity index (χ0n) is 18.8. The number of benzene rings is 1. The molecule has 2 aromatic heterocycles. The Morgan fingerprint density at radius 2 is 1.79 bits per heavy atom. The third-order valence-corrected chi connectivity index (χ3v) is 8.48. The van der Waals surface area contributed by atoms with Gasteiger partial charge in [-0.25, -0.2) is 0 Å². The Kier molecular flexibility index (Phi) is 5.42. The highest BCUT2D eigenvalue weighted by Gasteiger charge is 2.51. The van der Waals surface area contributed by atoms with E-state index in [1.807, 2.05) is 36.7 Å². The molecule has 33 heavy (non-hydrogen) atoms. The second-order valence-corrected chi connectivity index (χ2v) is 10.5. The van der Waals surface area contributed by atoms with Gasteiger partial charge in [-0.3, -0.25) is 9.78 Å². The van der Waals surface area contributed by atoms with Gasteiger partial charge in [-0.2, -0.15) is 0 Å². The lowest BCUT2D eigenvalue weighted by molar-refractivity contribution is -0.146. The van der Waals surface area contributed by atoms with E-state index < -0.39 is 5.41 Å². The van der Waals surface area contributed by atoms with E-state index in [0.29, 0.717) is 42.1 Å². The second-order valence-electron chi connectivity index (χ2n) is 10.0. The molecule has 172 valence electrons. The van der Waals surface area contributed by atoms with Crippen molar-refractivity contribution in [2.75, 3.05) is 13.2 Å². The zero-order valence-corrected chi connectivity index (χ0v) is 19.6. The van der Waals surface area contributed by atoms with Crippen molar-refractivity contribution in [3.63, 3.8) is 0 Å². The number of hydrogen-bond acceptors (Lipinski definition) is 3. The summed E-state index contributed by atoms with van der Waals surface area (Å²) in [5.74, 6) is 0.882. The molecule has 0 spiro atoms. The van der Waals surface area contributed by atoms with Crippen LogP contribution in [0.5, 0.6) is 0 Å². The van der Waals surface area contributed by atoms with Crippen molar-refractivity contribution in [3.05, 3.63) is 71.3 Å². The third-order valence-electron chi connectivity index (χ3n) is 8.23. The number of ether oxygens (including phenoxy) is 1. The van der Waals surface area contributed by atoms with Gasteiger partial charge in [0.15, 0.2) is 0 Å². The maximum absolute atomic E-state index is 14.2. The zero-order chi connectivity index (χ0) is 22.4. The van der Waals surface area contributed by atoms with Crippen LogP contribution >= 0.6 is 11.6 Å². The van der Waals surface area contributed by atoms with E-state index >= 15 is 0 Å². The fraction of sp³-hybridized carbons (Fsp3) is 0.481. The summed E-state index contributed by atoms with van der Waals surface area (Å²) in [4.78, 5) is 21.2. The van der Waals surface area contributed by atoms with E-state index in [1.54, 1.807) is 0 Å². The number of hydrogen-bond donors (Lipinski definition) is 0. The maximum Gasteiger partial charge on any atom is 0.233 e. The maximum atomic E-state index is 14.2. The minimum Gasteiger partial charge on any atom is -0.381 e. The predicted octanol–water partition coefficient (Wildman–Crippen LogP) is 5.05. The van der Waals surface area contributed by atoms with Crippen molar-refractivity contribution in [1.29, 1.82) is 0 Å². The van der Waals surface area contributed by atoms with Gasteiger partial charge in [-0.1, -0.05) is 23.7 Å². The molecule has 5 heterocycles. The SMILES string of the molecule is O=C(N1C2CCC1CC(Cc1nccn3cccc13)C2)C1(c2ccc(Cl)cc2)CCOCC1. The molecule has 5 nitrogen and oxygen atoms in total. The summed E-state index contributed by atoms with van der Waals surface area (Å²) in [7, 11) is 0. The highest BCUT2D eigenvalue weighted by Crippen LogP contribution is 2.45. The van der Waals surface area contributed by atoms with Gasteiger partial charge in [-0.15, -0.1) is 0 Å². The largest absolute Gasteiger partial charge is 0.381 e. The number of halogens is 1. The Hall–Kier alpha value is -2.37. The van der Waals surface area contributed by atoms with Crippen molar-refractivity contribution >= 4 is 23.0 Å². The average molecular weight is 464 g/mol. The summed E-state index contributed by atoms with van der Waals surface area (Å²) in [6.45, 7) is 1.26. The minimum atomic E-state index is -0.490. The Morgan fingerprint density at radius 1 is 1.06 bits per heavy atom. The van der Waals surface area contributed by atoms with Crippen LogP contribution in [0.3, 0.4) is 0 Å². The monoisotopic (exact) mass is 463 g/mol. The molecule has 0 saturated carbocycles. The average Bonchev–Trinajstić information content (AvgIpc) is 3.42. The summed E-state index contributed by atoms with van der Waals surface area (Å²) in [6, 6.07) is 12.8. The molecule has 1 amide bonds. The lowest BCUT2D eigenvalue weighted by Gasteiger charge is -2.46. The molecule has 2 atom stereocenters. The van der Waals surface area contributed by atoms with Crippen LogP contribution < -0.4 is 0 Å².